The van der Waals surface area contributed by atoms with Crippen LogP contribution in [0.5, 0.6) is 0 Å². The van der Waals surface area contributed by atoms with Gasteiger partial charge in [-0.15, -0.1) is 12.4 Å². The van der Waals surface area contributed by atoms with E-state index in [1.165, 1.54) is 0 Å². The molecule has 0 unspecified atom stereocenters. The third-order valence-electron chi connectivity index (χ3n) is 2.90. The molecule has 1 aliphatic carbocycles. The largest absolute Gasteiger partial charge is 0.416 e. The Morgan fingerprint density at radius 2 is 1.83 bits per heavy atom. The topological polar surface area (TPSA) is 26.0 Å². The van der Waals surface area contributed by atoms with Crippen molar-refractivity contribution in [2.24, 2.45) is 11.7 Å². The van der Waals surface area contributed by atoms with Crippen LogP contribution in [-0.4, -0.2) is 0 Å². The Morgan fingerprint density at radius 3 is 2.28 bits per heavy atom. The zero-order chi connectivity index (χ0) is 12.8. The summed E-state index contributed by atoms with van der Waals surface area (Å²) in [5, 5.41) is -0.330. The van der Waals surface area contributed by atoms with Gasteiger partial charge in [0, 0.05) is 11.6 Å². The summed E-state index contributed by atoms with van der Waals surface area (Å²) in [5.41, 5.74) is 4.13. The van der Waals surface area contributed by atoms with Gasteiger partial charge in [-0.05, 0) is 30.9 Å². The van der Waals surface area contributed by atoms with E-state index in [-0.39, 0.29) is 23.3 Å². The molecule has 0 saturated heterocycles. The maximum Gasteiger partial charge on any atom is 0.416 e. The molecule has 0 aliphatic heterocycles. The number of benzene rings is 1. The van der Waals surface area contributed by atoms with E-state index in [0.29, 0.717) is 0 Å². The molecule has 1 aliphatic rings. The van der Waals surface area contributed by atoms with Gasteiger partial charge in [0.05, 0.1) is 10.6 Å². The van der Waals surface area contributed by atoms with Gasteiger partial charge < -0.3 is 5.73 Å². The molecule has 1 saturated carbocycles. The molecule has 1 fully saturated rings. The normalized spacial score (nSPS) is 17.2. The second-order valence-corrected chi connectivity index (χ2v) is 4.59. The van der Waals surface area contributed by atoms with Gasteiger partial charge in [-0.25, -0.2) is 4.39 Å². The minimum Gasteiger partial charge on any atom is -0.324 e. The zero-order valence-corrected chi connectivity index (χ0v) is 10.7. The average molecular weight is 304 g/mol. The Hall–Kier alpha value is -0.520. The number of nitrogens with two attached hydrogens (primary N) is 1. The van der Waals surface area contributed by atoms with E-state index in [1.54, 1.807) is 0 Å². The lowest BCUT2D eigenvalue weighted by Crippen LogP contribution is -2.21. The first-order valence-corrected chi connectivity index (χ1v) is 5.51. The van der Waals surface area contributed by atoms with Gasteiger partial charge in [0.25, 0.3) is 0 Å². The quantitative estimate of drug-likeness (QED) is 0.809. The van der Waals surface area contributed by atoms with Crippen LogP contribution >= 0.6 is 24.0 Å². The lowest BCUT2D eigenvalue weighted by Gasteiger charge is -2.19. The van der Waals surface area contributed by atoms with Gasteiger partial charge in [0.15, 0.2) is 0 Å². The van der Waals surface area contributed by atoms with Crippen LogP contribution in [0.25, 0.3) is 0 Å². The van der Waals surface area contributed by atoms with Crippen LogP contribution in [0.4, 0.5) is 17.6 Å². The van der Waals surface area contributed by atoms with Gasteiger partial charge in [-0.1, -0.05) is 11.6 Å². The van der Waals surface area contributed by atoms with Crippen LogP contribution in [0, 0.1) is 11.7 Å². The molecule has 0 amide bonds. The monoisotopic (exact) mass is 303 g/mol. The van der Waals surface area contributed by atoms with Crippen molar-refractivity contribution in [1.82, 2.24) is 0 Å². The minimum atomic E-state index is -4.62. The van der Waals surface area contributed by atoms with Crippen molar-refractivity contribution >= 4 is 24.0 Å². The molecule has 1 aromatic carbocycles. The predicted molar refractivity (Wildman–Crippen MR) is 63.3 cm³/mol. The summed E-state index contributed by atoms with van der Waals surface area (Å²) in [5.74, 6) is -1.13. The number of rotatable bonds is 2. The zero-order valence-electron chi connectivity index (χ0n) is 9.10. The van der Waals surface area contributed by atoms with Crippen molar-refractivity contribution in [1.29, 1.82) is 0 Å². The van der Waals surface area contributed by atoms with E-state index in [2.05, 4.69) is 0 Å². The van der Waals surface area contributed by atoms with E-state index in [0.717, 1.165) is 25.0 Å². The van der Waals surface area contributed by atoms with Crippen LogP contribution in [0.15, 0.2) is 12.1 Å². The Labute approximate surface area is 113 Å². The summed E-state index contributed by atoms with van der Waals surface area (Å²) in [4.78, 5) is 0. The first-order chi connectivity index (χ1) is 7.82. The van der Waals surface area contributed by atoms with E-state index in [4.69, 9.17) is 17.3 Å². The van der Waals surface area contributed by atoms with Gasteiger partial charge in [-0.3, -0.25) is 0 Å². The highest BCUT2D eigenvalue weighted by atomic mass is 35.5. The van der Waals surface area contributed by atoms with Crippen LogP contribution in [0.2, 0.25) is 5.02 Å². The molecular formula is C11H11Cl2F4N. The third-order valence-corrected chi connectivity index (χ3v) is 3.19. The Bertz CT molecular complexity index is 443. The van der Waals surface area contributed by atoms with Gasteiger partial charge >= 0.3 is 6.18 Å². The van der Waals surface area contributed by atoms with Gasteiger partial charge in [-0.2, -0.15) is 13.2 Å². The number of hydrogen-bond donors (Lipinski definition) is 1. The second-order valence-electron chi connectivity index (χ2n) is 4.18. The summed E-state index contributed by atoms with van der Waals surface area (Å²) >= 11 is 5.51. The Morgan fingerprint density at radius 1 is 1.28 bits per heavy atom. The summed E-state index contributed by atoms with van der Waals surface area (Å²) in [6, 6.07) is 0.747. The molecule has 1 aromatic rings. The molecule has 0 spiro atoms. The summed E-state index contributed by atoms with van der Waals surface area (Å²) in [7, 11) is 0. The Balaban J connectivity index is 0.00000162. The first kappa shape index (κ1) is 15.5. The van der Waals surface area contributed by atoms with Crippen LogP contribution < -0.4 is 5.73 Å². The van der Waals surface area contributed by atoms with E-state index < -0.39 is 29.2 Å². The van der Waals surface area contributed by atoms with Crippen molar-refractivity contribution in [2.45, 2.75) is 25.1 Å². The van der Waals surface area contributed by atoms with E-state index in [9.17, 15) is 17.6 Å². The summed E-state index contributed by atoms with van der Waals surface area (Å²) in [6.45, 7) is 0. The fourth-order valence-corrected chi connectivity index (χ4v) is 2.00. The summed E-state index contributed by atoms with van der Waals surface area (Å²) in [6.07, 6.45) is -3.16. The highest BCUT2D eigenvalue weighted by Crippen LogP contribution is 2.45. The van der Waals surface area contributed by atoms with Crippen molar-refractivity contribution in [3.05, 3.63) is 34.1 Å². The number of hydrogen-bond acceptors (Lipinski definition) is 1. The van der Waals surface area contributed by atoms with Crippen molar-refractivity contribution in [2.75, 3.05) is 0 Å². The molecule has 2 N–H and O–H groups in total. The molecule has 2 rings (SSSR count). The van der Waals surface area contributed by atoms with Gasteiger partial charge in [0.2, 0.25) is 0 Å². The fraction of sp³-hybridized carbons (Fsp3) is 0.455. The standard InChI is InChI=1S/C11H10ClF4N.ClH/c12-7-4-3-6(11(14,15)16)8(9(7)13)10(17)5-1-2-5;/h3-5,10H,1-2,17H2;1H/t10-;/m0./s1. The number of alkyl halides is 3. The maximum atomic E-state index is 13.7. The molecular weight excluding hydrogens is 293 g/mol. The van der Waals surface area contributed by atoms with Crippen LogP contribution in [-0.2, 0) is 6.18 Å². The molecule has 0 radical (unpaired) electrons. The number of halogens is 6. The molecule has 0 bridgehead atoms. The lowest BCUT2D eigenvalue weighted by molar-refractivity contribution is -0.138. The molecule has 1 atom stereocenters. The molecule has 0 aromatic heterocycles. The van der Waals surface area contributed by atoms with Gasteiger partial charge in [0.1, 0.15) is 5.82 Å². The molecule has 102 valence electrons. The second kappa shape index (κ2) is 5.23. The SMILES string of the molecule is Cl.N[C@H](c1c(C(F)(F)F)ccc(Cl)c1F)C1CC1. The molecule has 0 heterocycles. The molecule has 18 heavy (non-hydrogen) atoms. The van der Waals surface area contributed by atoms with Crippen molar-refractivity contribution in [3.63, 3.8) is 0 Å². The molecule has 1 nitrogen and oxygen atoms in total. The first-order valence-electron chi connectivity index (χ1n) is 5.13. The lowest BCUT2D eigenvalue weighted by atomic mass is 9.96. The smallest absolute Gasteiger partial charge is 0.324 e. The highest BCUT2D eigenvalue weighted by molar-refractivity contribution is 6.30. The maximum absolute atomic E-state index is 13.7. The predicted octanol–water partition coefficient (Wildman–Crippen LogP) is 4.33. The highest BCUT2D eigenvalue weighted by Gasteiger charge is 2.40. The van der Waals surface area contributed by atoms with Crippen LogP contribution in [0.3, 0.4) is 0 Å². The minimum absolute atomic E-state index is 0. The van der Waals surface area contributed by atoms with E-state index >= 15 is 0 Å². The average Bonchev–Trinajstić information content (AvgIpc) is 3.02. The summed E-state index contributed by atoms with van der Waals surface area (Å²) < 4.78 is 51.9. The van der Waals surface area contributed by atoms with Crippen LogP contribution in [0.1, 0.15) is 30.0 Å². The van der Waals surface area contributed by atoms with Crippen molar-refractivity contribution < 1.29 is 17.6 Å². The third kappa shape index (κ3) is 2.90. The molecule has 7 heteroatoms. The Kier molecular flexibility index (Phi) is 4.51. The fourth-order valence-electron chi connectivity index (χ4n) is 1.83. The van der Waals surface area contributed by atoms with E-state index in [1.807, 2.05) is 0 Å². The van der Waals surface area contributed by atoms with Crippen molar-refractivity contribution in [3.8, 4) is 0 Å².